The van der Waals surface area contributed by atoms with Gasteiger partial charge in [-0.25, -0.2) is 4.98 Å². The number of rotatable bonds is 6. The van der Waals surface area contributed by atoms with Crippen molar-refractivity contribution in [1.82, 2.24) is 19.3 Å². The number of methoxy groups -OCH3 is 1. The molecule has 1 unspecified atom stereocenters. The third kappa shape index (κ3) is 3.09. The van der Waals surface area contributed by atoms with Gasteiger partial charge in [0.15, 0.2) is 5.65 Å². The predicted molar refractivity (Wildman–Crippen MR) is 85.9 cm³/mol. The van der Waals surface area contributed by atoms with Crippen LogP contribution in [0.1, 0.15) is 51.0 Å². The second-order valence-electron chi connectivity index (χ2n) is 6.13. The fourth-order valence-electron chi connectivity index (χ4n) is 2.57. The summed E-state index contributed by atoms with van der Waals surface area (Å²) in [7, 11) is 3.69. The topological polar surface area (TPSA) is 44.9 Å². The first kappa shape index (κ1) is 16.3. The number of nitrogens with zero attached hydrogens (tertiary/aromatic N) is 4. The van der Waals surface area contributed by atoms with Crippen molar-refractivity contribution in [1.29, 1.82) is 0 Å². The zero-order valence-electron chi connectivity index (χ0n) is 13.8. The van der Waals surface area contributed by atoms with E-state index in [0.29, 0.717) is 6.54 Å². The molecule has 21 heavy (non-hydrogen) atoms. The third-order valence-corrected chi connectivity index (χ3v) is 3.95. The minimum absolute atomic E-state index is 0.153. The van der Waals surface area contributed by atoms with Crippen molar-refractivity contribution in [3.05, 3.63) is 11.5 Å². The highest BCUT2D eigenvalue weighted by Gasteiger charge is 2.26. The molecule has 0 amide bonds. The van der Waals surface area contributed by atoms with Crippen LogP contribution in [0, 0.1) is 0 Å². The van der Waals surface area contributed by atoms with E-state index in [0.717, 1.165) is 35.5 Å². The molecule has 0 aliphatic heterocycles. The summed E-state index contributed by atoms with van der Waals surface area (Å²) >= 11 is 6.34. The lowest BCUT2D eigenvalue weighted by Gasteiger charge is -2.25. The van der Waals surface area contributed by atoms with E-state index in [1.807, 2.05) is 18.7 Å². The lowest BCUT2D eigenvalue weighted by atomic mass is 10.1. The lowest BCUT2D eigenvalue weighted by Crippen LogP contribution is -2.30. The highest BCUT2D eigenvalue weighted by molar-refractivity contribution is 6.20. The number of halogens is 1. The maximum atomic E-state index is 6.34. The Morgan fingerprint density at radius 3 is 2.57 bits per heavy atom. The van der Waals surface area contributed by atoms with Crippen molar-refractivity contribution in [3.63, 3.8) is 0 Å². The van der Waals surface area contributed by atoms with Gasteiger partial charge in [0.1, 0.15) is 11.3 Å². The van der Waals surface area contributed by atoms with Gasteiger partial charge < -0.3 is 9.30 Å². The zero-order chi connectivity index (χ0) is 15.8. The molecule has 0 saturated heterocycles. The summed E-state index contributed by atoms with van der Waals surface area (Å²) in [6, 6.07) is 0. The van der Waals surface area contributed by atoms with Crippen molar-refractivity contribution >= 4 is 22.8 Å². The predicted octanol–water partition coefficient (Wildman–Crippen LogP) is 3.45. The fraction of sp³-hybridized carbons (Fsp3) is 0.733. The highest BCUT2D eigenvalue weighted by atomic mass is 35.5. The Bertz CT molecular complexity index is 627. The van der Waals surface area contributed by atoms with Gasteiger partial charge in [-0.1, -0.05) is 13.3 Å². The van der Waals surface area contributed by atoms with Gasteiger partial charge in [-0.2, -0.15) is 5.10 Å². The molecule has 2 aromatic rings. The molecule has 5 nitrogen and oxygen atoms in total. The molecular formula is C15H25ClN4O. The summed E-state index contributed by atoms with van der Waals surface area (Å²) in [5, 5.41) is 4.45. The standard InChI is InChI=1S/C15H25ClN4O/c1-7-8-11-12-14(19(5)18-11)20(9-15(3,4)21-6)13(17-12)10(2)16/h10H,7-9H2,1-6H3. The second kappa shape index (κ2) is 5.97. The largest absolute Gasteiger partial charge is 0.377 e. The van der Waals surface area contributed by atoms with E-state index in [1.165, 1.54) is 0 Å². The van der Waals surface area contributed by atoms with E-state index in [2.05, 4.69) is 30.4 Å². The van der Waals surface area contributed by atoms with Crippen LogP contribution in [-0.2, 0) is 24.8 Å². The Hall–Kier alpha value is -1.07. The van der Waals surface area contributed by atoms with Gasteiger partial charge >= 0.3 is 0 Å². The minimum Gasteiger partial charge on any atom is -0.377 e. The molecular weight excluding hydrogens is 288 g/mol. The zero-order valence-corrected chi connectivity index (χ0v) is 14.5. The molecule has 0 aliphatic carbocycles. The van der Waals surface area contributed by atoms with E-state index in [4.69, 9.17) is 21.3 Å². The number of imidazole rings is 1. The van der Waals surface area contributed by atoms with E-state index >= 15 is 0 Å². The molecule has 0 radical (unpaired) electrons. The van der Waals surface area contributed by atoms with Gasteiger partial charge in [0.25, 0.3) is 0 Å². The smallest absolute Gasteiger partial charge is 0.158 e. The summed E-state index contributed by atoms with van der Waals surface area (Å²) < 4.78 is 9.61. The average molecular weight is 313 g/mol. The molecule has 0 saturated carbocycles. The maximum absolute atomic E-state index is 6.34. The van der Waals surface area contributed by atoms with Gasteiger partial charge in [-0.3, -0.25) is 4.68 Å². The first-order chi connectivity index (χ1) is 9.80. The molecule has 2 aromatic heterocycles. The summed E-state index contributed by atoms with van der Waals surface area (Å²) in [6.45, 7) is 8.91. The maximum Gasteiger partial charge on any atom is 0.158 e. The fourth-order valence-corrected chi connectivity index (χ4v) is 2.74. The van der Waals surface area contributed by atoms with Crippen LogP contribution in [-0.4, -0.2) is 32.0 Å². The van der Waals surface area contributed by atoms with Crippen molar-refractivity contribution in [2.45, 2.75) is 58.1 Å². The molecule has 0 aliphatic rings. The molecule has 0 aromatic carbocycles. The number of aromatic nitrogens is 4. The number of aryl methyl sites for hydroxylation is 2. The van der Waals surface area contributed by atoms with Crippen LogP contribution in [0.15, 0.2) is 0 Å². The molecule has 0 bridgehead atoms. The van der Waals surface area contributed by atoms with Crippen LogP contribution >= 0.6 is 11.6 Å². The number of alkyl halides is 1. The monoisotopic (exact) mass is 312 g/mol. The van der Waals surface area contributed by atoms with Crippen molar-refractivity contribution in [2.24, 2.45) is 7.05 Å². The average Bonchev–Trinajstić information content (AvgIpc) is 2.90. The Morgan fingerprint density at radius 2 is 2.05 bits per heavy atom. The summed E-state index contributed by atoms with van der Waals surface area (Å²) in [5.41, 5.74) is 2.74. The van der Waals surface area contributed by atoms with E-state index in [-0.39, 0.29) is 11.0 Å². The number of fused-ring (bicyclic) bond motifs is 1. The van der Waals surface area contributed by atoms with Gasteiger partial charge in [0.2, 0.25) is 0 Å². The van der Waals surface area contributed by atoms with E-state index < -0.39 is 0 Å². The number of hydrogen-bond donors (Lipinski definition) is 0. The molecule has 2 heterocycles. The highest BCUT2D eigenvalue weighted by Crippen LogP contribution is 2.28. The van der Waals surface area contributed by atoms with Gasteiger partial charge in [-0.15, -0.1) is 11.6 Å². The van der Waals surface area contributed by atoms with Gasteiger partial charge in [0, 0.05) is 14.2 Å². The molecule has 1 atom stereocenters. The minimum atomic E-state index is -0.288. The van der Waals surface area contributed by atoms with Crippen LogP contribution in [0.2, 0.25) is 0 Å². The van der Waals surface area contributed by atoms with E-state index in [9.17, 15) is 0 Å². The first-order valence-corrected chi connectivity index (χ1v) is 7.85. The summed E-state index contributed by atoms with van der Waals surface area (Å²) in [6.07, 6.45) is 1.98. The Labute approximate surface area is 131 Å². The normalized spacial score (nSPS) is 14.0. The van der Waals surface area contributed by atoms with Crippen molar-refractivity contribution < 1.29 is 4.74 Å². The van der Waals surface area contributed by atoms with Crippen LogP contribution in [0.5, 0.6) is 0 Å². The van der Waals surface area contributed by atoms with Gasteiger partial charge in [0.05, 0.1) is 23.2 Å². The van der Waals surface area contributed by atoms with Crippen molar-refractivity contribution in [3.8, 4) is 0 Å². The Balaban J connectivity index is 2.62. The summed E-state index contributed by atoms with van der Waals surface area (Å²) in [5.74, 6) is 0.877. The molecule has 118 valence electrons. The van der Waals surface area contributed by atoms with Crippen LogP contribution in [0.4, 0.5) is 0 Å². The SMILES string of the molecule is CCCc1nn(C)c2c1nc(C(C)Cl)n2CC(C)(C)OC. The van der Waals surface area contributed by atoms with Crippen LogP contribution < -0.4 is 0 Å². The number of ether oxygens (including phenoxy) is 1. The number of hydrogen-bond acceptors (Lipinski definition) is 3. The molecule has 0 spiro atoms. The van der Waals surface area contributed by atoms with Crippen molar-refractivity contribution in [2.75, 3.05) is 7.11 Å². The quantitative estimate of drug-likeness (QED) is 0.767. The third-order valence-electron chi connectivity index (χ3n) is 3.76. The Kier molecular flexibility index (Phi) is 4.63. The molecule has 0 fully saturated rings. The van der Waals surface area contributed by atoms with Crippen LogP contribution in [0.3, 0.4) is 0 Å². The van der Waals surface area contributed by atoms with Crippen LogP contribution in [0.25, 0.3) is 11.2 Å². The Morgan fingerprint density at radius 1 is 1.38 bits per heavy atom. The molecule has 6 heteroatoms. The second-order valence-corrected chi connectivity index (χ2v) is 6.78. The first-order valence-electron chi connectivity index (χ1n) is 7.42. The molecule has 2 rings (SSSR count). The van der Waals surface area contributed by atoms with E-state index in [1.54, 1.807) is 7.11 Å². The van der Waals surface area contributed by atoms with Gasteiger partial charge in [-0.05, 0) is 27.2 Å². The molecule has 0 N–H and O–H groups in total. The lowest BCUT2D eigenvalue weighted by molar-refractivity contribution is 0.00820. The summed E-state index contributed by atoms with van der Waals surface area (Å²) in [4.78, 5) is 4.76.